The zero-order valence-electron chi connectivity index (χ0n) is 11.4. The van der Waals surface area contributed by atoms with E-state index >= 15 is 0 Å². The summed E-state index contributed by atoms with van der Waals surface area (Å²) in [5.41, 5.74) is 2.53. The second kappa shape index (κ2) is 4.77. The van der Waals surface area contributed by atoms with Crippen molar-refractivity contribution in [2.75, 3.05) is 5.32 Å². The van der Waals surface area contributed by atoms with Crippen LogP contribution >= 0.6 is 0 Å². The molecule has 0 saturated heterocycles. The van der Waals surface area contributed by atoms with Gasteiger partial charge in [-0.2, -0.15) is 0 Å². The molecular weight excluding hydrogens is 222 g/mol. The van der Waals surface area contributed by atoms with Gasteiger partial charge in [-0.25, -0.2) is 9.97 Å². The fraction of sp³-hybridized carbons (Fsp3) is 0.333. The lowest BCUT2D eigenvalue weighted by molar-refractivity contribution is 0.589. The lowest BCUT2D eigenvalue weighted by atomic mass is 9.88. The van der Waals surface area contributed by atoms with Crippen LogP contribution in [0.5, 0.6) is 0 Å². The van der Waals surface area contributed by atoms with Gasteiger partial charge in [-0.3, -0.25) is 0 Å². The zero-order valence-corrected chi connectivity index (χ0v) is 11.4. The van der Waals surface area contributed by atoms with Gasteiger partial charge in [0.15, 0.2) is 0 Å². The minimum absolute atomic E-state index is 0.125. The molecule has 0 atom stereocenters. The standard InChI is InChI=1S/C15H19N3/c1-11-5-6-13(17-10-11)18-14-9-12(7-8-16-14)15(2,3)4/h5-10H,1-4H3,(H,16,17,18). The van der Waals surface area contributed by atoms with Gasteiger partial charge >= 0.3 is 0 Å². The third-order valence-electron chi connectivity index (χ3n) is 2.79. The van der Waals surface area contributed by atoms with Gasteiger partial charge in [0.25, 0.3) is 0 Å². The van der Waals surface area contributed by atoms with Crippen LogP contribution in [0, 0.1) is 6.92 Å². The molecule has 0 bridgehead atoms. The first-order chi connectivity index (χ1) is 8.45. The van der Waals surface area contributed by atoms with Crippen molar-refractivity contribution in [3.8, 4) is 0 Å². The van der Waals surface area contributed by atoms with Crippen molar-refractivity contribution in [3.63, 3.8) is 0 Å². The molecule has 94 valence electrons. The molecule has 0 aliphatic rings. The quantitative estimate of drug-likeness (QED) is 0.868. The molecule has 0 aromatic carbocycles. The predicted molar refractivity (Wildman–Crippen MR) is 75.2 cm³/mol. The van der Waals surface area contributed by atoms with Gasteiger partial charge < -0.3 is 5.32 Å². The first-order valence-corrected chi connectivity index (χ1v) is 6.11. The molecule has 0 fully saturated rings. The summed E-state index contributed by atoms with van der Waals surface area (Å²) in [5.74, 6) is 1.65. The normalized spacial score (nSPS) is 11.3. The van der Waals surface area contributed by atoms with Crippen LogP contribution in [0.2, 0.25) is 0 Å². The largest absolute Gasteiger partial charge is 0.325 e. The molecular formula is C15H19N3. The first-order valence-electron chi connectivity index (χ1n) is 6.11. The second-order valence-corrected chi connectivity index (χ2v) is 5.53. The summed E-state index contributed by atoms with van der Waals surface area (Å²) < 4.78 is 0. The van der Waals surface area contributed by atoms with E-state index in [1.54, 1.807) is 0 Å². The average molecular weight is 241 g/mol. The molecule has 0 radical (unpaired) electrons. The zero-order chi connectivity index (χ0) is 13.2. The molecule has 0 unspecified atom stereocenters. The number of nitrogens with zero attached hydrogens (tertiary/aromatic N) is 2. The van der Waals surface area contributed by atoms with Crippen LogP contribution in [-0.4, -0.2) is 9.97 Å². The Hall–Kier alpha value is -1.90. The van der Waals surface area contributed by atoms with E-state index in [1.165, 1.54) is 5.56 Å². The first kappa shape index (κ1) is 12.6. The molecule has 2 aromatic heterocycles. The predicted octanol–water partition coefficient (Wildman–Crippen LogP) is 3.83. The molecule has 0 amide bonds. The smallest absolute Gasteiger partial charge is 0.131 e. The van der Waals surface area contributed by atoms with Gasteiger partial charge in [-0.1, -0.05) is 26.8 Å². The van der Waals surface area contributed by atoms with Crippen molar-refractivity contribution in [2.45, 2.75) is 33.1 Å². The Balaban J connectivity index is 2.22. The minimum atomic E-state index is 0.125. The fourth-order valence-corrected chi connectivity index (χ4v) is 1.64. The Morgan fingerprint density at radius 3 is 2.39 bits per heavy atom. The topological polar surface area (TPSA) is 37.8 Å². The summed E-state index contributed by atoms with van der Waals surface area (Å²) in [7, 11) is 0. The summed E-state index contributed by atoms with van der Waals surface area (Å²) in [4.78, 5) is 8.63. The lowest BCUT2D eigenvalue weighted by Crippen LogP contribution is -2.11. The number of aromatic nitrogens is 2. The number of nitrogens with one attached hydrogen (secondary N) is 1. The Kier molecular flexibility index (Phi) is 3.32. The molecule has 3 heteroatoms. The third kappa shape index (κ3) is 3.06. The maximum absolute atomic E-state index is 4.32. The number of rotatable bonds is 2. The Morgan fingerprint density at radius 2 is 1.78 bits per heavy atom. The highest BCUT2D eigenvalue weighted by atomic mass is 15.0. The van der Waals surface area contributed by atoms with E-state index in [9.17, 15) is 0 Å². The number of pyridine rings is 2. The van der Waals surface area contributed by atoms with Crippen molar-refractivity contribution >= 4 is 11.6 Å². The van der Waals surface area contributed by atoms with Crippen molar-refractivity contribution in [2.24, 2.45) is 0 Å². The third-order valence-corrected chi connectivity index (χ3v) is 2.79. The van der Waals surface area contributed by atoms with Gasteiger partial charge in [-0.05, 0) is 41.7 Å². The number of aryl methyl sites for hydroxylation is 1. The maximum Gasteiger partial charge on any atom is 0.131 e. The summed E-state index contributed by atoms with van der Waals surface area (Å²) in [5, 5.41) is 3.22. The van der Waals surface area contributed by atoms with E-state index in [2.05, 4.69) is 42.1 Å². The highest BCUT2D eigenvalue weighted by Crippen LogP contribution is 2.24. The van der Waals surface area contributed by atoms with Crippen LogP contribution in [-0.2, 0) is 5.41 Å². The Bertz CT molecular complexity index is 524. The monoisotopic (exact) mass is 241 g/mol. The average Bonchev–Trinajstić information content (AvgIpc) is 2.31. The summed E-state index contributed by atoms with van der Waals surface area (Å²) in [6.45, 7) is 8.60. The van der Waals surface area contributed by atoms with Crippen molar-refractivity contribution in [3.05, 3.63) is 47.8 Å². The fourth-order valence-electron chi connectivity index (χ4n) is 1.64. The van der Waals surface area contributed by atoms with Crippen LogP contribution in [0.25, 0.3) is 0 Å². The van der Waals surface area contributed by atoms with Gasteiger partial charge in [-0.15, -0.1) is 0 Å². The molecule has 0 saturated carbocycles. The minimum Gasteiger partial charge on any atom is -0.325 e. The van der Waals surface area contributed by atoms with Crippen molar-refractivity contribution in [1.82, 2.24) is 9.97 Å². The van der Waals surface area contributed by atoms with Crippen molar-refractivity contribution < 1.29 is 0 Å². The van der Waals surface area contributed by atoms with Gasteiger partial charge in [0, 0.05) is 12.4 Å². The highest BCUT2D eigenvalue weighted by Gasteiger charge is 2.14. The molecule has 18 heavy (non-hydrogen) atoms. The van der Waals surface area contributed by atoms with E-state index in [4.69, 9.17) is 0 Å². The van der Waals surface area contributed by atoms with Crippen LogP contribution in [0.3, 0.4) is 0 Å². The van der Waals surface area contributed by atoms with Crippen LogP contribution in [0.1, 0.15) is 31.9 Å². The van der Waals surface area contributed by atoms with E-state index in [0.717, 1.165) is 17.2 Å². The van der Waals surface area contributed by atoms with Crippen molar-refractivity contribution in [1.29, 1.82) is 0 Å². The Labute approximate surface area is 108 Å². The van der Waals surface area contributed by atoms with Crippen LogP contribution in [0.4, 0.5) is 11.6 Å². The van der Waals surface area contributed by atoms with Crippen LogP contribution in [0.15, 0.2) is 36.7 Å². The number of hydrogen-bond donors (Lipinski definition) is 1. The molecule has 2 rings (SSSR count). The molecule has 0 spiro atoms. The molecule has 0 aliphatic carbocycles. The Morgan fingerprint density at radius 1 is 1.00 bits per heavy atom. The van der Waals surface area contributed by atoms with E-state index in [0.29, 0.717) is 0 Å². The van der Waals surface area contributed by atoms with Gasteiger partial charge in [0.05, 0.1) is 0 Å². The highest BCUT2D eigenvalue weighted by molar-refractivity contribution is 5.52. The SMILES string of the molecule is Cc1ccc(Nc2cc(C(C)(C)C)ccn2)nc1. The molecule has 2 aromatic rings. The lowest BCUT2D eigenvalue weighted by Gasteiger charge is -2.19. The summed E-state index contributed by atoms with van der Waals surface area (Å²) in [6.07, 6.45) is 3.67. The second-order valence-electron chi connectivity index (χ2n) is 5.53. The molecule has 1 N–H and O–H groups in total. The number of anilines is 2. The van der Waals surface area contributed by atoms with E-state index in [-0.39, 0.29) is 5.41 Å². The maximum atomic E-state index is 4.32. The van der Waals surface area contributed by atoms with Gasteiger partial charge in [0.1, 0.15) is 11.6 Å². The summed E-state index contributed by atoms with van der Waals surface area (Å²) in [6, 6.07) is 8.11. The number of hydrogen-bond acceptors (Lipinski definition) is 3. The summed E-state index contributed by atoms with van der Waals surface area (Å²) >= 11 is 0. The molecule has 2 heterocycles. The molecule has 3 nitrogen and oxygen atoms in total. The van der Waals surface area contributed by atoms with Gasteiger partial charge in [0.2, 0.25) is 0 Å². The van der Waals surface area contributed by atoms with E-state index < -0.39 is 0 Å². The van der Waals surface area contributed by atoms with Crippen LogP contribution < -0.4 is 5.32 Å². The molecule has 0 aliphatic heterocycles. The van der Waals surface area contributed by atoms with E-state index in [1.807, 2.05) is 37.5 Å².